The first kappa shape index (κ1) is 47.0. The Morgan fingerprint density at radius 1 is 0.712 bits per heavy atom. The molecule has 3 N–H and O–H groups in total. The van der Waals surface area contributed by atoms with E-state index in [1.165, 1.54) is 76.2 Å². The van der Waals surface area contributed by atoms with Gasteiger partial charge < -0.3 is 29.5 Å². The molecule has 0 bridgehead atoms. The molecule has 5 fully saturated rings. The molecule has 4 saturated carbocycles. The van der Waals surface area contributed by atoms with Crippen LogP contribution in [0.4, 0.5) is 0 Å². The van der Waals surface area contributed by atoms with Crippen LogP contribution < -0.4 is 0 Å². The summed E-state index contributed by atoms with van der Waals surface area (Å²) in [4.78, 5) is 27.8. The minimum atomic E-state index is -1.50. The first-order valence-electron chi connectivity index (χ1n) is 24.6. The lowest BCUT2D eigenvalue weighted by molar-refractivity contribution is -0.270. The topological polar surface area (TPSA) is 123 Å². The zero-order valence-electron chi connectivity index (χ0n) is 38.8. The van der Waals surface area contributed by atoms with Crippen LogP contribution in [0.15, 0.2) is 11.6 Å². The van der Waals surface area contributed by atoms with Crippen molar-refractivity contribution in [2.75, 3.05) is 6.61 Å². The lowest BCUT2D eigenvalue weighted by Crippen LogP contribution is -2.65. The number of rotatable bonds is 17. The summed E-state index contributed by atoms with van der Waals surface area (Å²) in [6.07, 6.45) is 23.8. The number of esters is 2. The number of carbonyl (C=O) groups is 2. The number of allylic oxidation sites excluding steroid dienone is 2. The highest BCUT2D eigenvalue weighted by Crippen LogP contribution is 2.76. The van der Waals surface area contributed by atoms with Crippen molar-refractivity contribution in [1.29, 1.82) is 0 Å². The summed E-state index contributed by atoms with van der Waals surface area (Å²) >= 11 is 0. The van der Waals surface area contributed by atoms with Gasteiger partial charge in [0.15, 0.2) is 0 Å². The number of unbranched alkanes of at least 4 members (excludes halogenated alkanes) is 12. The van der Waals surface area contributed by atoms with Crippen LogP contribution in [0.1, 0.15) is 209 Å². The average Bonchev–Trinajstić information content (AvgIpc) is 3.18. The van der Waals surface area contributed by atoms with Gasteiger partial charge in [0.25, 0.3) is 0 Å². The predicted octanol–water partition coefficient (Wildman–Crippen LogP) is 11.2. The third-order valence-corrected chi connectivity index (χ3v) is 18.4. The van der Waals surface area contributed by atoms with E-state index in [1.807, 2.05) is 0 Å². The Labute approximate surface area is 358 Å². The summed E-state index contributed by atoms with van der Waals surface area (Å²) in [5.41, 5.74) is 0.766. The summed E-state index contributed by atoms with van der Waals surface area (Å²) < 4.78 is 18.0. The van der Waals surface area contributed by atoms with Gasteiger partial charge in [-0.2, -0.15) is 0 Å². The van der Waals surface area contributed by atoms with Crippen LogP contribution in [0.25, 0.3) is 0 Å². The second-order valence-corrected chi connectivity index (χ2v) is 22.9. The van der Waals surface area contributed by atoms with E-state index >= 15 is 0 Å². The normalized spacial score (nSPS) is 41.0. The van der Waals surface area contributed by atoms with E-state index in [0.717, 1.165) is 77.0 Å². The first-order valence-corrected chi connectivity index (χ1v) is 24.6. The molecule has 0 amide bonds. The van der Waals surface area contributed by atoms with Gasteiger partial charge in [0.05, 0.1) is 12.0 Å². The van der Waals surface area contributed by atoms with Crippen LogP contribution in [0.2, 0.25) is 0 Å². The van der Waals surface area contributed by atoms with Gasteiger partial charge in [-0.3, -0.25) is 9.59 Å². The van der Waals surface area contributed by atoms with Crippen molar-refractivity contribution in [3.63, 3.8) is 0 Å². The molecule has 5 aliphatic carbocycles. The summed E-state index contributed by atoms with van der Waals surface area (Å²) in [6, 6.07) is 0. The Morgan fingerprint density at radius 2 is 1.32 bits per heavy atom. The third kappa shape index (κ3) is 9.15. The van der Waals surface area contributed by atoms with Gasteiger partial charge in [-0.15, -0.1) is 0 Å². The molecule has 0 aromatic carbocycles. The molecular weight excluding hydrogens is 741 g/mol. The Morgan fingerprint density at radius 3 is 1.97 bits per heavy atom. The highest BCUT2D eigenvalue weighted by atomic mass is 16.7. The van der Waals surface area contributed by atoms with E-state index in [-0.39, 0.29) is 57.6 Å². The van der Waals surface area contributed by atoms with E-state index < -0.39 is 30.0 Å². The molecule has 0 aromatic heterocycles. The molecule has 8 heteroatoms. The van der Waals surface area contributed by atoms with Crippen molar-refractivity contribution in [2.45, 2.75) is 240 Å². The van der Waals surface area contributed by atoms with Crippen LogP contribution in [-0.4, -0.2) is 64.6 Å². The molecule has 59 heavy (non-hydrogen) atoms. The smallest absolute Gasteiger partial charge is 0.315 e. The average molecular weight is 827 g/mol. The Hall–Kier alpha value is -1.48. The van der Waals surface area contributed by atoms with Gasteiger partial charge in [0.2, 0.25) is 6.29 Å². The zero-order chi connectivity index (χ0) is 42.9. The molecule has 0 aromatic rings. The molecule has 6 aliphatic rings. The first-order chi connectivity index (χ1) is 27.9. The minimum Gasteiger partial charge on any atom is -0.462 e. The second-order valence-electron chi connectivity index (χ2n) is 22.9. The van der Waals surface area contributed by atoms with Crippen molar-refractivity contribution < 1.29 is 39.1 Å². The van der Waals surface area contributed by atoms with Crippen molar-refractivity contribution in [3.05, 3.63) is 11.6 Å². The Kier molecular flexibility index (Phi) is 14.9. The van der Waals surface area contributed by atoms with Crippen LogP contribution in [0.5, 0.6) is 0 Å². The van der Waals surface area contributed by atoms with Crippen molar-refractivity contribution in [1.82, 2.24) is 0 Å². The molecule has 8 nitrogen and oxygen atoms in total. The second kappa shape index (κ2) is 18.7. The maximum absolute atomic E-state index is 14.5. The Balaban J connectivity index is 1.07. The molecule has 0 spiro atoms. The van der Waals surface area contributed by atoms with E-state index in [0.29, 0.717) is 18.3 Å². The molecule has 1 heterocycles. The highest BCUT2D eigenvalue weighted by Gasteiger charge is 2.70. The summed E-state index contributed by atoms with van der Waals surface area (Å²) in [7, 11) is 0. The third-order valence-electron chi connectivity index (χ3n) is 18.4. The van der Waals surface area contributed by atoms with Gasteiger partial charge >= 0.3 is 11.9 Å². The van der Waals surface area contributed by atoms with E-state index in [1.54, 1.807) is 0 Å². The molecule has 1 aliphatic heterocycles. The van der Waals surface area contributed by atoms with E-state index in [4.69, 9.17) is 14.2 Å². The zero-order valence-corrected chi connectivity index (χ0v) is 38.8. The maximum atomic E-state index is 14.5. The highest BCUT2D eigenvalue weighted by molar-refractivity contribution is 5.79. The maximum Gasteiger partial charge on any atom is 0.315 e. The number of ether oxygens (including phenoxy) is 3. The van der Waals surface area contributed by atoms with Crippen molar-refractivity contribution >= 4 is 11.9 Å². The van der Waals surface area contributed by atoms with Gasteiger partial charge in [-0.25, -0.2) is 0 Å². The predicted molar refractivity (Wildman–Crippen MR) is 233 cm³/mol. The van der Waals surface area contributed by atoms with Gasteiger partial charge in [0, 0.05) is 11.8 Å². The summed E-state index contributed by atoms with van der Waals surface area (Å²) in [5, 5.41) is 31.1. The van der Waals surface area contributed by atoms with E-state index in [2.05, 4.69) is 61.5 Å². The number of hydrogen-bond acceptors (Lipinski definition) is 8. The summed E-state index contributed by atoms with van der Waals surface area (Å²) in [6.45, 7) is 19.1. The minimum absolute atomic E-state index is 0.00824. The van der Waals surface area contributed by atoms with Crippen LogP contribution in [0, 0.1) is 50.2 Å². The molecule has 338 valence electrons. The number of carbonyl (C=O) groups excluding carboxylic acids is 2. The number of hydrogen-bond donors (Lipinski definition) is 3. The SMILES string of the molecule is CCCCCCCCCCCCCCCC(=O)O[C@H]1CC[C@]2(C)[C@H]3CC=C4[C@@H]5CC(C)(C)CC[C@]5(C(=O)O[C@@H]5OC[C@H](O)[C@H](O)[C@H]5O)CC[C@@]4(C)[C@]3(C)CC[C@H]2C1(C)C. The number of fused-ring (bicyclic) bond motifs is 7. The lowest BCUT2D eigenvalue weighted by Gasteiger charge is -2.71. The number of aliphatic hydroxyl groups excluding tert-OH is 3. The fraction of sp³-hybridized carbons (Fsp3) is 0.922. The molecule has 6 rings (SSSR count). The quantitative estimate of drug-likeness (QED) is 0.0753. The molecule has 0 radical (unpaired) electrons. The fourth-order valence-electron chi connectivity index (χ4n) is 14.4. The van der Waals surface area contributed by atoms with Gasteiger partial charge in [-0.05, 0) is 110 Å². The van der Waals surface area contributed by atoms with Crippen molar-refractivity contribution in [3.8, 4) is 0 Å². The fourth-order valence-corrected chi connectivity index (χ4v) is 14.4. The van der Waals surface area contributed by atoms with E-state index in [9.17, 15) is 24.9 Å². The van der Waals surface area contributed by atoms with Gasteiger partial charge in [-0.1, -0.05) is 144 Å². The standard InChI is InChI=1S/C51H86O8/c1-9-10-11-12-13-14-15-16-17-18-19-20-21-22-41(53)58-40-26-27-48(6)38(47(40,4)5)25-28-50(8)39(48)24-23-35-36-33-46(2,3)29-31-51(36,32-30-49(35,50)7)45(56)59-44-43(55)42(54)37(52)34-57-44/h23,36-40,42-44,52,54-55H,9-22,24-34H2,1-8H3/t36-,37-,38-,39+,40-,42-,43+,44-,48-,49+,50+,51-/m0/s1. The lowest BCUT2D eigenvalue weighted by atomic mass is 9.33. The van der Waals surface area contributed by atoms with Crippen LogP contribution in [-0.2, 0) is 23.8 Å². The monoisotopic (exact) mass is 827 g/mol. The van der Waals surface area contributed by atoms with Crippen LogP contribution in [0.3, 0.4) is 0 Å². The molecule has 1 saturated heterocycles. The van der Waals surface area contributed by atoms with Gasteiger partial charge in [0.1, 0.15) is 24.4 Å². The molecule has 0 unspecified atom stereocenters. The largest absolute Gasteiger partial charge is 0.462 e. The van der Waals surface area contributed by atoms with Crippen LogP contribution >= 0.6 is 0 Å². The summed E-state index contributed by atoms with van der Waals surface area (Å²) in [5.74, 6) is 0.625. The molecule has 12 atom stereocenters. The van der Waals surface area contributed by atoms with Crippen molar-refractivity contribution in [2.24, 2.45) is 50.2 Å². The number of aliphatic hydroxyl groups is 3. The molecular formula is C51H86O8. The Bertz CT molecular complexity index is 1470.